The zero-order valence-electron chi connectivity index (χ0n) is 11.0. The molecule has 1 fully saturated rings. The van der Waals surface area contributed by atoms with Crippen LogP contribution in [0.1, 0.15) is 12.0 Å². The SMILES string of the molecule is CO[C@@H]1CCOC[C@H]1NC(=O)/C=C/c1ccccc1. The third-order valence-electron chi connectivity index (χ3n) is 3.15. The molecule has 1 aliphatic heterocycles. The second kappa shape index (κ2) is 7.07. The normalized spacial score (nSPS) is 23.4. The molecular weight excluding hydrogens is 242 g/mol. The Bertz CT molecular complexity index is 430. The van der Waals surface area contributed by atoms with E-state index in [2.05, 4.69) is 5.32 Å². The number of benzene rings is 1. The van der Waals surface area contributed by atoms with Gasteiger partial charge in [-0.05, 0) is 18.1 Å². The second-order valence-electron chi connectivity index (χ2n) is 4.50. The summed E-state index contributed by atoms with van der Waals surface area (Å²) in [5.74, 6) is -0.124. The molecule has 2 rings (SSSR count). The van der Waals surface area contributed by atoms with Gasteiger partial charge in [0.2, 0.25) is 5.91 Å². The molecule has 19 heavy (non-hydrogen) atoms. The number of hydrogen-bond donors (Lipinski definition) is 1. The van der Waals surface area contributed by atoms with Gasteiger partial charge in [-0.1, -0.05) is 30.3 Å². The molecule has 0 radical (unpaired) electrons. The van der Waals surface area contributed by atoms with Crippen LogP contribution in [0.3, 0.4) is 0 Å². The maximum Gasteiger partial charge on any atom is 0.244 e. The molecule has 4 nitrogen and oxygen atoms in total. The van der Waals surface area contributed by atoms with Crippen molar-refractivity contribution < 1.29 is 14.3 Å². The molecular formula is C15H19NO3. The van der Waals surface area contributed by atoms with Crippen molar-refractivity contribution in [3.63, 3.8) is 0 Å². The molecule has 1 aromatic carbocycles. The molecule has 1 amide bonds. The minimum Gasteiger partial charge on any atom is -0.379 e. The van der Waals surface area contributed by atoms with Crippen LogP contribution in [-0.2, 0) is 14.3 Å². The van der Waals surface area contributed by atoms with Crippen molar-refractivity contribution in [3.05, 3.63) is 42.0 Å². The summed E-state index contributed by atoms with van der Waals surface area (Å²) in [6, 6.07) is 9.64. The first kappa shape index (κ1) is 13.8. The highest BCUT2D eigenvalue weighted by Crippen LogP contribution is 2.11. The maximum atomic E-state index is 11.8. The van der Waals surface area contributed by atoms with Crippen LogP contribution >= 0.6 is 0 Å². The van der Waals surface area contributed by atoms with Crippen LogP contribution in [0.2, 0.25) is 0 Å². The van der Waals surface area contributed by atoms with Crippen molar-refractivity contribution in [2.75, 3.05) is 20.3 Å². The Morgan fingerprint density at radius 1 is 1.42 bits per heavy atom. The zero-order valence-corrected chi connectivity index (χ0v) is 11.0. The summed E-state index contributed by atoms with van der Waals surface area (Å²) in [7, 11) is 1.66. The summed E-state index contributed by atoms with van der Waals surface area (Å²) in [5.41, 5.74) is 1.00. The molecule has 0 bridgehead atoms. The van der Waals surface area contributed by atoms with Gasteiger partial charge in [-0.2, -0.15) is 0 Å². The third-order valence-corrected chi connectivity index (χ3v) is 3.15. The standard InChI is InChI=1S/C15H19NO3/c1-18-14-9-10-19-11-13(14)16-15(17)8-7-12-5-3-2-4-6-12/h2-8,13-14H,9-11H2,1H3,(H,16,17)/b8-7+/t13-,14-/m1/s1. The number of nitrogens with one attached hydrogen (secondary N) is 1. The predicted octanol–water partition coefficient (Wildman–Crippen LogP) is 1.62. The monoisotopic (exact) mass is 261 g/mol. The summed E-state index contributed by atoms with van der Waals surface area (Å²) >= 11 is 0. The van der Waals surface area contributed by atoms with E-state index in [1.165, 1.54) is 6.08 Å². The third kappa shape index (κ3) is 4.19. The van der Waals surface area contributed by atoms with Crippen molar-refractivity contribution in [2.45, 2.75) is 18.6 Å². The van der Waals surface area contributed by atoms with Gasteiger partial charge < -0.3 is 14.8 Å². The lowest BCUT2D eigenvalue weighted by Gasteiger charge is -2.30. The van der Waals surface area contributed by atoms with E-state index in [-0.39, 0.29) is 18.1 Å². The summed E-state index contributed by atoms with van der Waals surface area (Å²) in [5, 5.41) is 2.91. The minimum atomic E-state index is -0.124. The zero-order chi connectivity index (χ0) is 13.5. The van der Waals surface area contributed by atoms with Crippen LogP contribution in [-0.4, -0.2) is 38.4 Å². The van der Waals surface area contributed by atoms with E-state index in [1.54, 1.807) is 13.2 Å². The van der Waals surface area contributed by atoms with Crippen molar-refractivity contribution >= 4 is 12.0 Å². The second-order valence-corrected chi connectivity index (χ2v) is 4.50. The molecule has 0 unspecified atom stereocenters. The highest BCUT2D eigenvalue weighted by Gasteiger charge is 2.26. The average Bonchev–Trinajstić information content (AvgIpc) is 2.47. The van der Waals surface area contributed by atoms with Gasteiger partial charge in [-0.25, -0.2) is 0 Å². The molecule has 1 saturated heterocycles. The summed E-state index contributed by atoms with van der Waals surface area (Å²) in [6.07, 6.45) is 4.17. The van der Waals surface area contributed by atoms with Gasteiger partial charge in [-0.15, -0.1) is 0 Å². The predicted molar refractivity (Wildman–Crippen MR) is 73.6 cm³/mol. The highest BCUT2D eigenvalue weighted by molar-refractivity contribution is 5.91. The van der Waals surface area contributed by atoms with Gasteiger partial charge in [-0.3, -0.25) is 4.79 Å². The lowest BCUT2D eigenvalue weighted by atomic mass is 10.1. The van der Waals surface area contributed by atoms with Gasteiger partial charge >= 0.3 is 0 Å². The Morgan fingerprint density at radius 3 is 2.95 bits per heavy atom. The quantitative estimate of drug-likeness (QED) is 0.838. The van der Waals surface area contributed by atoms with Crippen LogP contribution in [0, 0.1) is 0 Å². The van der Waals surface area contributed by atoms with Crippen LogP contribution in [0.15, 0.2) is 36.4 Å². The summed E-state index contributed by atoms with van der Waals surface area (Å²) in [4.78, 5) is 11.8. The van der Waals surface area contributed by atoms with Crippen LogP contribution < -0.4 is 5.32 Å². The van der Waals surface area contributed by atoms with E-state index in [0.29, 0.717) is 13.2 Å². The Hall–Kier alpha value is -1.65. The summed E-state index contributed by atoms with van der Waals surface area (Å²) in [6.45, 7) is 1.19. The topological polar surface area (TPSA) is 47.6 Å². The Kier molecular flexibility index (Phi) is 5.12. The smallest absolute Gasteiger partial charge is 0.244 e. The molecule has 2 atom stereocenters. The van der Waals surface area contributed by atoms with E-state index < -0.39 is 0 Å². The van der Waals surface area contributed by atoms with E-state index in [1.807, 2.05) is 30.3 Å². The average molecular weight is 261 g/mol. The molecule has 0 aromatic heterocycles. The van der Waals surface area contributed by atoms with Crippen molar-refractivity contribution in [1.82, 2.24) is 5.32 Å². The first-order valence-electron chi connectivity index (χ1n) is 6.44. The fraction of sp³-hybridized carbons (Fsp3) is 0.400. The Labute approximate surface area is 113 Å². The molecule has 0 aliphatic carbocycles. The molecule has 4 heteroatoms. The Morgan fingerprint density at radius 2 is 2.21 bits per heavy atom. The molecule has 1 aromatic rings. The molecule has 0 saturated carbocycles. The maximum absolute atomic E-state index is 11.8. The largest absolute Gasteiger partial charge is 0.379 e. The van der Waals surface area contributed by atoms with Crippen LogP contribution in [0.4, 0.5) is 0 Å². The van der Waals surface area contributed by atoms with Gasteiger partial charge in [0.25, 0.3) is 0 Å². The van der Waals surface area contributed by atoms with Crippen LogP contribution in [0.5, 0.6) is 0 Å². The lowest BCUT2D eigenvalue weighted by Crippen LogP contribution is -2.49. The van der Waals surface area contributed by atoms with Crippen molar-refractivity contribution in [1.29, 1.82) is 0 Å². The molecule has 1 heterocycles. The van der Waals surface area contributed by atoms with Gasteiger partial charge in [0, 0.05) is 19.8 Å². The van der Waals surface area contributed by atoms with Gasteiger partial charge in [0.1, 0.15) is 0 Å². The highest BCUT2D eigenvalue weighted by atomic mass is 16.5. The number of rotatable bonds is 4. The van der Waals surface area contributed by atoms with Gasteiger partial charge in [0.15, 0.2) is 0 Å². The fourth-order valence-corrected chi connectivity index (χ4v) is 2.10. The first-order chi connectivity index (χ1) is 9.29. The molecule has 0 spiro atoms. The Balaban J connectivity index is 1.88. The number of methoxy groups -OCH3 is 1. The number of carbonyl (C=O) groups excluding carboxylic acids is 1. The molecule has 102 valence electrons. The number of amides is 1. The van der Waals surface area contributed by atoms with Crippen molar-refractivity contribution in [3.8, 4) is 0 Å². The van der Waals surface area contributed by atoms with E-state index >= 15 is 0 Å². The molecule has 1 aliphatic rings. The molecule has 1 N–H and O–H groups in total. The summed E-state index contributed by atoms with van der Waals surface area (Å²) < 4.78 is 10.7. The first-order valence-corrected chi connectivity index (χ1v) is 6.44. The fourth-order valence-electron chi connectivity index (χ4n) is 2.10. The van der Waals surface area contributed by atoms with E-state index in [9.17, 15) is 4.79 Å². The number of carbonyl (C=O) groups is 1. The number of hydrogen-bond acceptors (Lipinski definition) is 3. The lowest BCUT2D eigenvalue weighted by molar-refractivity contribution is -0.120. The number of ether oxygens (including phenoxy) is 2. The van der Waals surface area contributed by atoms with E-state index in [0.717, 1.165) is 12.0 Å². The van der Waals surface area contributed by atoms with Crippen molar-refractivity contribution in [2.24, 2.45) is 0 Å². The van der Waals surface area contributed by atoms with Crippen LogP contribution in [0.25, 0.3) is 6.08 Å². The minimum absolute atomic E-state index is 0.0304. The van der Waals surface area contributed by atoms with Gasteiger partial charge in [0.05, 0.1) is 18.8 Å². The van der Waals surface area contributed by atoms with E-state index in [4.69, 9.17) is 9.47 Å².